The zero-order valence-corrected chi connectivity index (χ0v) is 20.5. The minimum atomic E-state index is 0.0234. The molecular formula is C26H39N5O2. The van der Waals surface area contributed by atoms with Crippen LogP contribution in [-0.4, -0.2) is 59.4 Å². The van der Waals surface area contributed by atoms with Crippen molar-refractivity contribution >= 4 is 17.6 Å². The molecule has 6 rings (SSSR count). The molecule has 5 aliphatic rings. The van der Waals surface area contributed by atoms with Crippen molar-refractivity contribution in [3.8, 4) is 0 Å². The van der Waals surface area contributed by atoms with Gasteiger partial charge in [-0.3, -0.25) is 9.59 Å². The maximum Gasteiger partial charge on any atom is 0.242 e. The molecule has 0 radical (unpaired) electrons. The van der Waals surface area contributed by atoms with Crippen LogP contribution in [0.3, 0.4) is 0 Å². The Balaban J connectivity index is 1.09. The summed E-state index contributed by atoms with van der Waals surface area (Å²) in [5.74, 6) is 4.73. The summed E-state index contributed by atoms with van der Waals surface area (Å²) >= 11 is 0. The van der Waals surface area contributed by atoms with Gasteiger partial charge < -0.3 is 15.1 Å². The minimum absolute atomic E-state index is 0.0234. The van der Waals surface area contributed by atoms with Crippen LogP contribution in [0.5, 0.6) is 0 Å². The van der Waals surface area contributed by atoms with Gasteiger partial charge in [0.25, 0.3) is 0 Å². The lowest BCUT2D eigenvalue weighted by Gasteiger charge is -2.56. The van der Waals surface area contributed by atoms with E-state index in [9.17, 15) is 9.59 Å². The molecule has 0 aromatic carbocycles. The van der Waals surface area contributed by atoms with E-state index in [0.717, 1.165) is 48.2 Å². The normalized spacial score (nSPS) is 30.7. The molecule has 4 aliphatic carbocycles. The number of carbonyl (C=O) groups is 2. The van der Waals surface area contributed by atoms with E-state index in [4.69, 9.17) is 4.98 Å². The Kier molecular flexibility index (Phi) is 6.08. The average Bonchev–Trinajstić information content (AvgIpc) is 2.76. The first-order valence-corrected chi connectivity index (χ1v) is 12.9. The Bertz CT molecular complexity index is 871. The van der Waals surface area contributed by atoms with Crippen molar-refractivity contribution in [3.05, 3.63) is 17.6 Å². The average molecular weight is 454 g/mol. The van der Waals surface area contributed by atoms with E-state index in [2.05, 4.69) is 29.0 Å². The second-order valence-electron chi connectivity index (χ2n) is 11.6. The molecular weight excluding hydrogens is 414 g/mol. The van der Waals surface area contributed by atoms with Crippen LogP contribution in [0.4, 0.5) is 5.82 Å². The number of nitrogens with one attached hydrogen (secondary N) is 1. The number of hydrogen-bond donors (Lipinski definition) is 1. The lowest BCUT2D eigenvalue weighted by molar-refractivity contribution is -0.135. The van der Waals surface area contributed by atoms with Gasteiger partial charge in [0.05, 0.1) is 6.54 Å². The summed E-state index contributed by atoms with van der Waals surface area (Å²) in [5.41, 5.74) is 1.20. The van der Waals surface area contributed by atoms with Crippen LogP contribution >= 0.6 is 0 Å². The van der Waals surface area contributed by atoms with E-state index in [1.165, 1.54) is 38.5 Å². The fourth-order valence-corrected chi connectivity index (χ4v) is 7.38. The first-order valence-electron chi connectivity index (χ1n) is 12.9. The van der Waals surface area contributed by atoms with E-state index in [-0.39, 0.29) is 29.7 Å². The van der Waals surface area contributed by atoms with Gasteiger partial charge in [0.15, 0.2) is 0 Å². The number of hydrogen-bond acceptors (Lipinski definition) is 5. The highest BCUT2D eigenvalue weighted by Gasteiger charge is 2.51. The summed E-state index contributed by atoms with van der Waals surface area (Å²) in [4.78, 5) is 38.9. The largest absolute Gasteiger partial charge is 0.353 e. The lowest BCUT2D eigenvalue weighted by atomic mass is 9.49. The molecule has 1 aromatic heterocycles. The minimum Gasteiger partial charge on any atom is -0.353 e. The molecule has 0 unspecified atom stereocenters. The topological polar surface area (TPSA) is 78.4 Å². The third kappa shape index (κ3) is 4.87. The van der Waals surface area contributed by atoms with Crippen LogP contribution < -0.4 is 10.2 Å². The summed E-state index contributed by atoms with van der Waals surface area (Å²) in [5, 5.41) is 2.96. The molecule has 2 amide bonds. The molecule has 0 atom stereocenters. The van der Waals surface area contributed by atoms with Gasteiger partial charge >= 0.3 is 0 Å². The molecule has 7 heteroatoms. The third-order valence-corrected chi connectivity index (χ3v) is 8.47. The molecule has 1 aliphatic heterocycles. The summed E-state index contributed by atoms with van der Waals surface area (Å²) in [6.45, 7) is 9.15. The quantitative estimate of drug-likeness (QED) is 0.715. The van der Waals surface area contributed by atoms with E-state index < -0.39 is 0 Å². The summed E-state index contributed by atoms with van der Waals surface area (Å²) in [6, 6.07) is 2.02. The van der Waals surface area contributed by atoms with Gasteiger partial charge in [-0.1, -0.05) is 13.8 Å². The number of piperazine rings is 1. The van der Waals surface area contributed by atoms with Gasteiger partial charge in [0.2, 0.25) is 11.8 Å². The Hall–Kier alpha value is -2.18. The van der Waals surface area contributed by atoms with Crippen molar-refractivity contribution in [2.24, 2.45) is 23.2 Å². The van der Waals surface area contributed by atoms with Crippen molar-refractivity contribution in [3.63, 3.8) is 0 Å². The predicted molar refractivity (Wildman–Crippen MR) is 128 cm³/mol. The molecule has 4 bridgehead atoms. The van der Waals surface area contributed by atoms with Crippen LogP contribution in [0.2, 0.25) is 0 Å². The van der Waals surface area contributed by atoms with Gasteiger partial charge in [0, 0.05) is 50.3 Å². The van der Waals surface area contributed by atoms with Crippen LogP contribution in [0.1, 0.15) is 76.2 Å². The summed E-state index contributed by atoms with van der Waals surface area (Å²) in [7, 11) is 0. The Morgan fingerprint density at radius 1 is 1.03 bits per heavy atom. The van der Waals surface area contributed by atoms with E-state index in [0.29, 0.717) is 19.5 Å². The van der Waals surface area contributed by atoms with Gasteiger partial charge in [-0.2, -0.15) is 0 Å². The summed E-state index contributed by atoms with van der Waals surface area (Å²) in [6.07, 6.45) is 8.45. The number of aryl methyl sites for hydroxylation is 1. The molecule has 2 heterocycles. The molecule has 1 aromatic rings. The zero-order valence-electron chi connectivity index (χ0n) is 20.5. The molecule has 180 valence electrons. The second kappa shape index (κ2) is 8.88. The van der Waals surface area contributed by atoms with Gasteiger partial charge in [-0.25, -0.2) is 9.97 Å². The standard InChI is InChI=1S/C26H39N5O2/c1-17(2)25-28-18(3)8-22(29-25)30-4-6-31(7-5-30)24(33)16-27-23(32)15-26-12-19-9-20(13-26)11-21(10-19)14-26/h8,17,19-21H,4-7,9-16H2,1-3H3,(H,27,32). The smallest absolute Gasteiger partial charge is 0.242 e. The predicted octanol–water partition coefficient (Wildman–Crippen LogP) is 3.28. The fraction of sp³-hybridized carbons (Fsp3) is 0.769. The number of rotatable bonds is 6. The van der Waals surface area contributed by atoms with Crippen LogP contribution in [0.25, 0.3) is 0 Å². The first-order chi connectivity index (χ1) is 15.8. The Morgan fingerprint density at radius 2 is 1.64 bits per heavy atom. The van der Waals surface area contributed by atoms with Gasteiger partial charge in [-0.05, 0) is 68.6 Å². The second-order valence-corrected chi connectivity index (χ2v) is 11.6. The SMILES string of the molecule is Cc1cc(N2CCN(C(=O)CNC(=O)CC34CC5CC(CC(C5)C3)C4)CC2)nc(C(C)C)n1. The first kappa shape index (κ1) is 22.6. The lowest BCUT2D eigenvalue weighted by Crippen LogP contribution is -2.52. The fourth-order valence-electron chi connectivity index (χ4n) is 7.38. The van der Waals surface area contributed by atoms with Gasteiger partial charge in [-0.15, -0.1) is 0 Å². The maximum absolute atomic E-state index is 12.8. The Morgan fingerprint density at radius 3 is 2.21 bits per heavy atom. The molecule has 1 saturated heterocycles. The van der Waals surface area contributed by atoms with Crippen LogP contribution in [-0.2, 0) is 9.59 Å². The van der Waals surface area contributed by atoms with Gasteiger partial charge in [0.1, 0.15) is 11.6 Å². The van der Waals surface area contributed by atoms with E-state index >= 15 is 0 Å². The number of amides is 2. The van der Waals surface area contributed by atoms with Crippen molar-refractivity contribution in [1.82, 2.24) is 20.2 Å². The molecule has 1 N–H and O–H groups in total. The maximum atomic E-state index is 12.8. The van der Waals surface area contributed by atoms with Crippen molar-refractivity contribution < 1.29 is 9.59 Å². The summed E-state index contributed by atoms with van der Waals surface area (Å²) < 4.78 is 0. The van der Waals surface area contributed by atoms with E-state index in [1.54, 1.807) is 0 Å². The zero-order chi connectivity index (χ0) is 23.2. The molecule has 7 nitrogen and oxygen atoms in total. The number of aromatic nitrogens is 2. The monoisotopic (exact) mass is 453 g/mol. The molecule has 4 saturated carbocycles. The van der Waals surface area contributed by atoms with E-state index in [1.807, 2.05) is 17.9 Å². The number of carbonyl (C=O) groups excluding carboxylic acids is 2. The number of anilines is 1. The van der Waals surface area contributed by atoms with Crippen molar-refractivity contribution in [2.45, 2.75) is 71.6 Å². The molecule has 5 fully saturated rings. The molecule has 33 heavy (non-hydrogen) atoms. The number of nitrogens with zero attached hydrogens (tertiary/aromatic N) is 4. The highest BCUT2D eigenvalue weighted by atomic mass is 16.2. The third-order valence-electron chi connectivity index (χ3n) is 8.47. The van der Waals surface area contributed by atoms with Crippen LogP contribution in [0, 0.1) is 30.1 Å². The highest BCUT2D eigenvalue weighted by molar-refractivity contribution is 5.85. The highest BCUT2D eigenvalue weighted by Crippen LogP contribution is 2.61. The molecule has 0 spiro atoms. The van der Waals surface area contributed by atoms with Crippen LogP contribution in [0.15, 0.2) is 6.07 Å². The Labute approximate surface area is 197 Å². The van der Waals surface area contributed by atoms with Crippen molar-refractivity contribution in [1.29, 1.82) is 0 Å². The van der Waals surface area contributed by atoms with Crippen molar-refractivity contribution in [2.75, 3.05) is 37.6 Å².